The topological polar surface area (TPSA) is 75.3 Å². The molecular formula is C17H18N2O3S. The number of amides is 1. The molecule has 0 unspecified atom stereocenters. The second-order valence-corrected chi connectivity index (χ2v) is 7.42. The fourth-order valence-corrected chi connectivity index (χ4v) is 3.48. The maximum Gasteiger partial charge on any atom is 0.256 e. The molecule has 0 bridgehead atoms. The van der Waals surface area contributed by atoms with E-state index in [9.17, 15) is 13.2 Å². The van der Waals surface area contributed by atoms with Crippen molar-refractivity contribution in [3.05, 3.63) is 59.2 Å². The number of anilines is 2. The summed E-state index contributed by atoms with van der Waals surface area (Å²) in [7, 11) is -3.41. The zero-order chi connectivity index (χ0) is 16.4. The summed E-state index contributed by atoms with van der Waals surface area (Å²) in [5.41, 5.74) is 3.78. The molecule has 0 spiro atoms. The Bertz CT molecular complexity index is 860. The third-order valence-electron chi connectivity index (χ3n) is 3.86. The Balaban J connectivity index is 1.89. The van der Waals surface area contributed by atoms with Gasteiger partial charge in [-0.2, -0.15) is 0 Å². The van der Waals surface area contributed by atoms with Gasteiger partial charge in [-0.25, -0.2) is 8.42 Å². The quantitative estimate of drug-likeness (QED) is 0.905. The highest BCUT2D eigenvalue weighted by atomic mass is 32.2. The number of carbonyl (C=O) groups excluding carboxylic acids is 1. The standard InChI is InChI=1S/C17H18N2O3S/c1-23(21,22)19-16-11-3-2-10-15(16)18-17(20)14-9-5-7-12-6-4-8-13(12)14/h2-3,5,7,9-11,19H,4,6,8H2,1H3,(H,18,20). The average molecular weight is 330 g/mol. The summed E-state index contributed by atoms with van der Waals surface area (Å²) < 4.78 is 25.3. The zero-order valence-corrected chi connectivity index (χ0v) is 13.6. The van der Waals surface area contributed by atoms with Crippen molar-refractivity contribution in [2.45, 2.75) is 19.3 Å². The molecule has 1 aliphatic carbocycles. The molecule has 0 fully saturated rings. The van der Waals surface area contributed by atoms with Crippen LogP contribution in [0.1, 0.15) is 27.9 Å². The first kappa shape index (κ1) is 15.6. The van der Waals surface area contributed by atoms with E-state index in [1.165, 1.54) is 5.56 Å². The first-order valence-electron chi connectivity index (χ1n) is 7.43. The Hall–Kier alpha value is -2.34. The predicted octanol–water partition coefficient (Wildman–Crippen LogP) is 2.80. The second-order valence-electron chi connectivity index (χ2n) is 5.67. The molecule has 6 heteroatoms. The van der Waals surface area contributed by atoms with Crippen molar-refractivity contribution in [2.24, 2.45) is 0 Å². The molecule has 0 atom stereocenters. The highest BCUT2D eigenvalue weighted by Crippen LogP contribution is 2.27. The van der Waals surface area contributed by atoms with Gasteiger partial charge in [0.25, 0.3) is 5.91 Å². The van der Waals surface area contributed by atoms with E-state index in [1.54, 1.807) is 24.3 Å². The van der Waals surface area contributed by atoms with Crippen LogP contribution < -0.4 is 10.0 Å². The van der Waals surface area contributed by atoms with Gasteiger partial charge in [0.1, 0.15) is 0 Å². The van der Waals surface area contributed by atoms with E-state index in [2.05, 4.69) is 16.1 Å². The molecule has 3 rings (SSSR count). The summed E-state index contributed by atoms with van der Waals surface area (Å²) in [4.78, 5) is 12.6. The van der Waals surface area contributed by atoms with Gasteiger partial charge < -0.3 is 5.32 Å². The van der Waals surface area contributed by atoms with Crippen LogP contribution in [0.3, 0.4) is 0 Å². The van der Waals surface area contributed by atoms with Gasteiger partial charge in [0.05, 0.1) is 17.6 Å². The Kier molecular flexibility index (Phi) is 4.09. The van der Waals surface area contributed by atoms with Crippen molar-refractivity contribution >= 4 is 27.3 Å². The number of sulfonamides is 1. The number of fused-ring (bicyclic) bond motifs is 1. The van der Waals surface area contributed by atoms with Gasteiger partial charge in [-0.3, -0.25) is 9.52 Å². The van der Waals surface area contributed by atoms with Gasteiger partial charge in [0.2, 0.25) is 10.0 Å². The lowest BCUT2D eigenvalue weighted by atomic mass is 10.0. The van der Waals surface area contributed by atoms with Gasteiger partial charge in [-0.05, 0) is 48.6 Å². The number of nitrogens with one attached hydrogen (secondary N) is 2. The second kappa shape index (κ2) is 6.04. The molecule has 1 amide bonds. The molecule has 2 N–H and O–H groups in total. The van der Waals surface area contributed by atoms with Crippen LogP contribution in [0.15, 0.2) is 42.5 Å². The summed E-state index contributed by atoms with van der Waals surface area (Å²) in [5.74, 6) is -0.216. The minimum Gasteiger partial charge on any atom is -0.320 e. The van der Waals surface area contributed by atoms with E-state index in [0.29, 0.717) is 16.9 Å². The Morgan fingerprint density at radius 3 is 2.48 bits per heavy atom. The molecule has 120 valence electrons. The smallest absolute Gasteiger partial charge is 0.256 e. The van der Waals surface area contributed by atoms with E-state index in [-0.39, 0.29) is 5.91 Å². The average Bonchev–Trinajstić information content (AvgIpc) is 2.96. The van der Waals surface area contributed by atoms with E-state index >= 15 is 0 Å². The van der Waals surface area contributed by atoms with Crippen molar-refractivity contribution in [3.8, 4) is 0 Å². The van der Waals surface area contributed by atoms with Crippen LogP contribution in [0.25, 0.3) is 0 Å². The summed E-state index contributed by atoms with van der Waals surface area (Å²) in [6.45, 7) is 0. The molecular weight excluding hydrogens is 312 g/mol. The van der Waals surface area contributed by atoms with Crippen molar-refractivity contribution in [1.82, 2.24) is 0 Å². The van der Waals surface area contributed by atoms with E-state index in [1.807, 2.05) is 12.1 Å². The van der Waals surface area contributed by atoms with Gasteiger partial charge in [0, 0.05) is 5.56 Å². The molecule has 2 aromatic rings. The molecule has 1 aliphatic rings. The number of aryl methyl sites for hydroxylation is 1. The molecule has 0 heterocycles. The number of carbonyl (C=O) groups is 1. The molecule has 0 saturated carbocycles. The number of rotatable bonds is 4. The molecule has 0 radical (unpaired) electrons. The van der Waals surface area contributed by atoms with E-state index < -0.39 is 10.0 Å². The minimum atomic E-state index is -3.41. The van der Waals surface area contributed by atoms with Crippen LogP contribution in [-0.4, -0.2) is 20.6 Å². The van der Waals surface area contributed by atoms with E-state index in [0.717, 1.165) is 31.1 Å². The molecule has 23 heavy (non-hydrogen) atoms. The Labute approximate surface area is 135 Å². The number of benzene rings is 2. The molecule has 0 aromatic heterocycles. The van der Waals surface area contributed by atoms with Crippen molar-refractivity contribution in [3.63, 3.8) is 0 Å². The van der Waals surface area contributed by atoms with Crippen molar-refractivity contribution in [1.29, 1.82) is 0 Å². The monoisotopic (exact) mass is 330 g/mol. The number of hydrogen-bond acceptors (Lipinski definition) is 3. The largest absolute Gasteiger partial charge is 0.320 e. The highest BCUT2D eigenvalue weighted by Gasteiger charge is 2.19. The summed E-state index contributed by atoms with van der Waals surface area (Å²) in [6, 6.07) is 12.5. The Morgan fingerprint density at radius 2 is 1.74 bits per heavy atom. The van der Waals surface area contributed by atoms with Crippen molar-refractivity contribution in [2.75, 3.05) is 16.3 Å². The highest BCUT2D eigenvalue weighted by molar-refractivity contribution is 7.92. The van der Waals surface area contributed by atoms with Crippen LogP contribution >= 0.6 is 0 Å². The summed E-state index contributed by atoms with van der Waals surface area (Å²) in [5, 5.41) is 2.81. The fraction of sp³-hybridized carbons (Fsp3) is 0.235. The van der Waals surface area contributed by atoms with Gasteiger partial charge >= 0.3 is 0 Å². The van der Waals surface area contributed by atoms with Gasteiger partial charge in [-0.15, -0.1) is 0 Å². The van der Waals surface area contributed by atoms with Crippen LogP contribution in [-0.2, 0) is 22.9 Å². The molecule has 0 saturated heterocycles. The predicted molar refractivity (Wildman–Crippen MR) is 91.3 cm³/mol. The first-order valence-corrected chi connectivity index (χ1v) is 9.32. The third-order valence-corrected chi connectivity index (χ3v) is 4.45. The molecule has 5 nitrogen and oxygen atoms in total. The van der Waals surface area contributed by atoms with Gasteiger partial charge in [-0.1, -0.05) is 24.3 Å². The maximum absolute atomic E-state index is 12.6. The SMILES string of the molecule is CS(=O)(=O)Nc1ccccc1NC(=O)c1cccc2c1CCC2. The summed E-state index contributed by atoms with van der Waals surface area (Å²) >= 11 is 0. The van der Waals surface area contributed by atoms with Crippen LogP contribution in [0.4, 0.5) is 11.4 Å². The lowest BCUT2D eigenvalue weighted by Crippen LogP contribution is -2.17. The molecule has 0 aliphatic heterocycles. The van der Waals surface area contributed by atoms with Crippen molar-refractivity contribution < 1.29 is 13.2 Å². The molecule has 2 aromatic carbocycles. The number of para-hydroxylation sites is 2. The fourth-order valence-electron chi connectivity index (χ4n) is 2.90. The zero-order valence-electron chi connectivity index (χ0n) is 12.8. The minimum absolute atomic E-state index is 0.216. The summed E-state index contributed by atoms with van der Waals surface area (Å²) in [6.07, 6.45) is 4.05. The van der Waals surface area contributed by atoms with Crippen LogP contribution in [0.5, 0.6) is 0 Å². The first-order chi connectivity index (χ1) is 10.9. The lowest BCUT2D eigenvalue weighted by molar-refractivity contribution is 0.102. The lowest BCUT2D eigenvalue weighted by Gasteiger charge is -2.13. The Morgan fingerprint density at radius 1 is 1.00 bits per heavy atom. The maximum atomic E-state index is 12.6. The van der Waals surface area contributed by atoms with Gasteiger partial charge in [0.15, 0.2) is 0 Å². The normalized spacial score (nSPS) is 13.4. The van der Waals surface area contributed by atoms with E-state index in [4.69, 9.17) is 0 Å². The number of hydrogen-bond donors (Lipinski definition) is 2. The van der Waals surface area contributed by atoms with Crippen LogP contribution in [0, 0.1) is 0 Å². The third kappa shape index (κ3) is 3.53. The van der Waals surface area contributed by atoms with Crippen LogP contribution in [0.2, 0.25) is 0 Å².